The van der Waals surface area contributed by atoms with Gasteiger partial charge in [-0.15, -0.1) is 12.3 Å². The largest absolute Gasteiger partial charge is 0.398 e. The van der Waals surface area contributed by atoms with Crippen molar-refractivity contribution in [2.75, 3.05) is 12.3 Å². The Kier molecular flexibility index (Phi) is 5.38. The first kappa shape index (κ1) is 13.4. The number of carbonyl (C=O) groups is 1. The van der Waals surface area contributed by atoms with Crippen LogP contribution in [-0.4, -0.2) is 12.5 Å². The van der Waals surface area contributed by atoms with Gasteiger partial charge in [0, 0.05) is 18.7 Å². The molecule has 0 spiro atoms. The summed E-state index contributed by atoms with van der Waals surface area (Å²) >= 11 is 5.92. The number of hydrogen-bond donors (Lipinski definition) is 2. The highest BCUT2D eigenvalue weighted by atomic mass is 35.5. The van der Waals surface area contributed by atoms with Crippen LogP contribution in [0.4, 0.5) is 5.69 Å². The van der Waals surface area contributed by atoms with Crippen molar-refractivity contribution in [3.05, 3.63) is 28.8 Å². The molecule has 1 rings (SSSR count). The number of carbonyl (C=O) groups excluding carboxylic acids is 1. The Bertz CT molecular complexity index is 417. The molecule has 0 unspecified atom stereocenters. The minimum absolute atomic E-state index is 0.242. The van der Waals surface area contributed by atoms with E-state index in [9.17, 15) is 4.79 Å². The van der Waals surface area contributed by atoms with E-state index in [0.717, 1.165) is 19.3 Å². The zero-order chi connectivity index (χ0) is 12.7. The van der Waals surface area contributed by atoms with Crippen molar-refractivity contribution in [1.29, 1.82) is 0 Å². The van der Waals surface area contributed by atoms with Crippen molar-refractivity contribution < 1.29 is 4.79 Å². The molecule has 0 heterocycles. The fourth-order valence-corrected chi connectivity index (χ4v) is 1.69. The van der Waals surface area contributed by atoms with Gasteiger partial charge in [0.05, 0.1) is 10.6 Å². The number of hydrogen-bond acceptors (Lipinski definition) is 2. The maximum Gasteiger partial charge on any atom is 0.254 e. The van der Waals surface area contributed by atoms with Crippen LogP contribution < -0.4 is 11.1 Å². The highest BCUT2D eigenvalue weighted by Crippen LogP contribution is 2.21. The number of benzene rings is 1. The Labute approximate surface area is 106 Å². The number of unbranched alkanes of at least 4 members (excludes halogenated alkanes) is 2. The number of nitrogens with one attached hydrogen (secondary N) is 1. The lowest BCUT2D eigenvalue weighted by Gasteiger charge is -2.08. The average molecular weight is 251 g/mol. The molecule has 1 amide bonds. The monoisotopic (exact) mass is 250 g/mol. The molecule has 0 fully saturated rings. The summed E-state index contributed by atoms with van der Waals surface area (Å²) < 4.78 is 0. The molecule has 0 saturated heterocycles. The highest BCUT2D eigenvalue weighted by molar-refractivity contribution is 6.34. The van der Waals surface area contributed by atoms with E-state index in [2.05, 4.69) is 11.2 Å². The molecule has 3 nitrogen and oxygen atoms in total. The van der Waals surface area contributed by atoms with Crippen LogP contribution in [0.15, 0.2) is 18.2 Å². The molecular weight excluding hydrogens is 236 g/mol. The Balaban J connectivity index is 2.51. The molecule has 0 saturated carbocycles. The van der Waals surface area contributed by atoms with E-state index in [-0.39, 0.29) is 5.91 Å². The summed E-state index contributed by atoms with van der Waals surface area (Å²) in [4.78, 5) is 11.8. The zero-order valence-electron chi connectivity index (χ0n) is 9.50. The maximum absolute atomic E-state index is 11.8. The fraction of sp³-hybridized carbons (Fsp3) is 0.308. The summed E-state index contributed by atoms with van der Waals surface area (Å²) in [7, 11) is 0. The van der Waals surface area contributed by atoms with E-state index >= 15 is 0 Å². The molecule has 3 N–H and O–H groups in total. The summed E-state index contributed by atoms with van der Waals surface area (Å²) in [6.45, 7) is 0.575. The third-order valence-electron chi connectivity index (χ3n) is 2.31. The zero-order valence-corrected chi connectivity index (χ0v) is 10.3. The first-order chi connectivity index (χ1) is 8.16. The molecule has 0 aliphatic rings. The topological polar surface area (TPSA) is 55.1 Å². The van der Waals surface area contributed by atoms with E-state index in [1.54, 1.807) is 18.2 Å². The standard InChI is InChI=1S/C13H15ClN2O/c1-2-3-4-5-9-16-13(17)12-10(14)7-6-8-11(12)15/h1,6-8H,3-5,9,15H2,(H,16,17). The van der Waals surface area contributed by atoms with Crippen molar-refractivity contribution in [3.8, 4) is 12.3 Å². The molecule has 0 atom stereocenters. The van der Waals surface area contributed by atoms with Gasteiger partial charge in [0.2, 0.25) is 0 Å². The van der Waals surface area contributed by atoms with Crippen LogP contribution in [-0.2, 0) is 0 Å². The molecule has 1 aromatic rings. The van der Waals surface area contributed by atoms with Gasteiger partial charge in [0.1, 0.15) is 0 Å². The van der Waals surface area contributed by atoms with Crippen LogP contribution >= 0.6 is 11.6 Å². The second-order valence-corrected chi connectivity index (χ2v) is 4.03. The molecule has 0 aliphatic heterocycles. The van der Waals surface area contributed by atoms with Crippen molar-refractivity contribution >= 4 is 23.2 Å². The van der Waals surface area contributed by atoms with Crippen LogP contribution in [0.25, 0.3) is 0 Å². The number of terminal acetylenes is 1. The molecule has 0 aromatic heterocycles. The Hall–Kier alpha value is -1.66. The summed E-state index contributed by atoms with van der Waals surface area (Å²) in [5, 5.41) is 3.13. The van der Waals surface area contributed by atoms with Gasteiger partial charge in [-0.25, -0.2) is 0 Å². The second-order valence-electron chi connectivity index (χ2n) is 3.62. The lowest BCUT2D eigenvalue weighted by molar-refractivity contribution is 0.0954. The van der Waals surface area contributed by atoms with Gasteiger partial charge in [-0.05, 0) is 25.0 Å². The molecular formula is C13H15ClN2O. The molecule has 0 radical (unpaired) electrons. The summed E-state index contributed by atoms with van der Waals surface area (Å²) in [5.41, 5.74) is 6.43. The Morgan fingerprint density at radius 3 is 2.88 bits per heavy atom. The second kappa shape index (κ2) is 6.82. The number of nitrogen functional groups attached to an aromatic ring is 1. The van der Waals surface area contributed by atoms with Gasteiger partial charge in [-0.1, -0.05) is 17.7 Å². The van der Waals surface area contributed by atoms with Gasteiger partial charge in [0.15, 0.2) is 0 Å². The van der Waals surface area contributed by atoms with Gasteiger partial charge in [0.25, 0.3) is 5.91 Å². The van der Waals surface area contributed by atoms with Crippen LogP contribution in [0.2, 0.25) is 5.02 Å². The quantitative estimate of drug-likeness (QED) is 0.479. The lowest BCUT2D eigenvalue weighted by atomic mass is 10.1. The third-order valence-corrected chi connectivity index (χ3v) is 2.62. The van der Waals surface area contributed by atoms with Crippen molar-refractivity contribution in [3.63, 3.8) is 0 Å². The smallest absolute Gasteiger partial charge is 0.254 e. The maximum atomic E-state index is 11.8. The average Bonchev–Trinajstić information content (AvgIpc) is 2.28. The minimum atomic E-state index is -0.242. The molecule has 1 aromatic carbocycles. The predicted molar refractivity (Wildman–Crippen MR) is 70.9 cm³/mol. The van der Waals surface area contributed by atoms with Crippen LogP contribution in [0.1, 0.15) is 29.6 Å². The first-order valence-corrected chi connectivity index (χ1v) is 5.80. The number of halogens is 1. The van der Waals surface area contributed by atoms with Gasteiger partial charge < -0.3 is 11.1 Å². The highest BCUT2D eigenvalue weighted by Gasteiger charge is 2.12. The van der Waals surface area contributed by atoms with Crippen LogP contribution in [0, 0.1) is 12.3 Å². The fourth-order valence-electron chi connectivity index (χ4n) is 1.42. The number of nitrogens with two attached hydrogens (primary N) is 1. The summed E-state index contributed by atoms with van der Waals surface area (Å²) in [5.74, 6) is 2.31. The van der Waals surface area contributed by atoms with Gasteiger partial charge in [-0.3, -0.25) is 4.79 Å². The summed E-state index contributed by atoms with van der Waals surface area (Å²) in [6, 6.07) is 5.01. The number of rotatable bonds is 5. The molecule has 4 heteroatoms. The molecule has 0 bridgehead atoms. The normalized spacial score (nSPS) is 9.65. The number of amides is 1. The number of anilines is 1. The van der Waals surface area contributed by atoms with Gasteiger partial charge in [-0.2, -0.15) is 0 Å². The minimum Gasteiger partial charge on any atom is -0.398 e. The first-order valence-electron chi connectivity index (χ1n) is 5.42. The SMILES string of the molecule is C#CCCCCNC(=O)c1c(N)cccc1Cl. The lowest BCUT2D eigenvalue weighted by Crippen LogP contribution is -2.25. The van der Waals surface area contributed by atoms with Gasteiger partial charge >= 0.3 is 0 Å². The molecule has 90 valence electrons. The molecule has 17 heavy (non-hydrogen) atoms. The third kappa shape index (κ3) is 4.01. The van der Waals surface area contributed by atoms with E-state index in [0.29, 0.717) is 22.8 Å². The van der Waals surface area contributed by atoms with Crippen LogP contribution in [0.3, 0.4) is 0 Å². The molecule has 0 aliphatic carbocycles. The Morgan fingerprint density at radius 1 is 1.47 bits per heavy atom. The van der Waals surface area contributed by atoms with E-state index in [4.69, 9.17) is 23.8 Å². The van der Waals surface area contributed by atoms with E-state index < -0.39 is 0 Å². The predicted octanol–water partition coefficient (Wildman–Crippen LogP) is 2.46. The Morgan fingerprint density at radius 2 is 2.24 bits per heavy atom. The van der Waals surface area contributed by atoms with Crippen molar-refractivity contribution in [2.45, 2.75) is 19.3 Å². The van der Waals surface area contributed by atoms with E-state index in [1.807, 2.05) is 0 Å². The van der Waals surface area contributed by atoms with Crippen molar-refractivity contribution in [1.82, 2.24) is 5.32 Å². The van der Waals surface area contributed by atoms with E-state index in [1.165, 1.54) is 0 Å². The van der Waals surface area contributed by atoms with Crippen LogP contribution in [0.5, 0.6) is 0 Å². The summed E-state index contributed by atoms with van der Waals surface area (Å²) in [6.07, 6.45) is 7.60. The van der Waals surface area contributed by atoms with Crippen molar-refractivity contribution in [2.24, 2.45) is 0 Å².